The van der Waals surface area contributed by atoms with E-state index in [1.165, 1.54) is 44.7 Å². The number of fused-ring (bicyclic) bond motifs is 1. The number of carboxylic acids is 1. The van der Waals surface area contributed by atoms with E-state index in [0.29, 0.717) is 0 Å². The topological polar surface area (TPSA) is 61.6 Å². The van der Waals surface area contributed by atoms with Crippen molar-refractivity contribution in [1.29, 1.82) is 0 Å². The summed E-state index contributed by atoms with van der Waals surface area (Å²) in [5.41, 5.74) is 1.35. The molecular formula is C17H21F3N4O2S. The molecule has 6 nitrogen and oxygen atoms in total. The number of hydrogen-bond acceptors (Lipinski definition) is 5. The minimum Gasteiger partial charge on any atom is -0.475 e. The maximum absolute atomic E-state index is 10.6. The van der Waals surface area contributed by atoms with Gasteiger partial charge in [0.05, 0.1) is 0 Å². The van der Waals surface area contributed by atoms with Gasteiger partial charge in [-0.3, -0.25) is 14.4 Å². The maximum Gasteiger partial charge on any atom is 0.490 e. The predicted octanol–water partition coefficient (Wildman–Crippen LogP) is 2.85. The molecule has 0 aliphatic carbocycles. The van der Waals surface area contributed by atoms with Crippen LogP contribution >= 0.6 is 11.3 Å². The highest BCUT2D eigenvalue weighted by Crippen LogP contribution is 2.23. The van der Waals surface area contributed by atoms with E-state index < -0.39 is 12.1 Å². The van der Waals surface area contributed by atoms with Gasteiger partial charge < -0.3 is 5.11 Å². The Bertz CT molecular complexity index is 748. The molecule has 2 aliphatic heterocycles. The molecule has 1 N–H and O–H groups in total. The van der Waals surface area contributed by atoms with Gasteiger partial charge in [-0.2, -0.15) is 13.2 Å². The van der Waals surface area contributed by atoms with Gasteiger partial charge in [-0.25, -0.2) is 9.78 Å². The predicted molar refractivity (Wildman–Crippen MR) is 95.0 cm³/mol. The molecule has 0 spiro atoms. The number of thiazole rings is 1. The Morgan fingerprint density at radius 3 is 2.78 bits per heavy atom. The Hall–Kier alpha value is -1.91. The average molecular weight is 402 g/mol. The number of rotatable bonds is 3. The van der Waals surface area contributed by atoms with Crippen LogP contribution in [0.25, 0.3) is 5.13 Å². The van der Waals surface area contributed by atoms with Crippen LogP contribution in [0.3, 0.4) is 0 Å². The van der Waals surface area contributed by atoms with Crippen molar-refractivity contribution in [2.24, 2.45) is 0 Å². The third-order valence-electron chi connectivity index (χ3n) is 4.76. The highest BCUT2D eigenvalue weighted by molar-refractivity contribution is 7.12. The van der Waals surface area contributed by atoms with Gasteiger partial charge in [0.1, 0.15) is 0 Å². The third-order valence-corrected chi connectivity index (χ3v) is 5.53. The summed E-state index contributed by atoms with van der Waals surface area (Å²) in [4.78, 5) is 18.6. The van der Waals surface area contributed by atoms with Crippen molar-refractivity contribution >= 4 is 17.3 Å². The van der Waals surface area contributed by atoms with Crippen LogP contribution in [-0.4, -0.2) is 68.8 Å². The molecule has 0 amide bonds. The molecule has 0 aromatic carbocycles. The van der Waals surface area contributed by atoms with Crippen LogP contribution in [0.4, 0.5) is 13.2 Å². The van der Waals surface area contributed by atoms with Crippen molar-refractivity contribution in [1.82, 2.24) is 19.4 Å². The fraction of sp³-hybridized carbons (Fsp3) is 0.529. The van der Waals surface area contributed by atoms with Crippen LogP contribution in [-0.2, 0) is 11.3 Å². The summed E-state index contributed by atoms with van der Waals surface area (Å²) in [6.45, 7) is 6.01. The van der Waals surface area contributed by atoms with Crippen molar-refractivity contribution in [2.75, 3.05) is 26.2 Å². The van der Waals surface area contributed by atoms with Gasteiger partial charge in [-0.15, -0.1) is 11.3 Å². The molecule has 2 aromatic rings. The fourth-order valence-electron chi connectivity index (χ4n) is 3.49. The number of aromatic nitrogens is 2. The molecule has 2 saturated heterocycles. The van der Waals surface area contributed by atoms with Crippen molar-refractivity contribution in [2.45, 2.75) is 31.6 Å². The molecule has 2 aliphatic rings. The van der Waals surface area contributed by atoms with Gasteiger partial charge in [0.25, 0.3) is 0 Å². The van der Waals surface area contributed by atoms with Gasteiger partial charge in [-0.05, 0) is 31.5 Å². The quantitative estimate of drug-likeness (QED) is 0.856. The summed E-state index contributed by atoms with van der Waals surface area (Å²) in [7, 11) is 0. The second-order valence-electron chi connectivity index (χ2n) is 6.55. The lowest BCUT2D eigenvalue weighted by atomic mass is 10.1. The summed E-state index contributed by atoms with van der Waals surface area (Å²) >= 11 is 1.70. The third kappa shape index (κ3) is 5.08. The molecule has 27 heavy (non-hydrogen) atoms. The normalized spacial score (nSPS) is 20.8. The first-order valence-electron chi connectivity index (χ1n) is 8.67. The average Bonchev–Trinajstić information content (AvgIpc) is 3.35. The zero-order valence-corrected chi connectivity index (χ0v) is 15.4. The Morgan fingerprint density at radius 2 is 2.11 bits per heavy atom. The van der Waals surface area contributed by atoms with Gasteiger partial charge in [0, 0.05) is 55.7 Å². The number of alkyl halides is 3. The van der Waals surface area contributed by atoms with E-state index in [1.54, 1.807) is 11.3 Å². The summed E-state index contributed by atoms with van der Waals surface area (Å²) in [5.74, 6) is -2.76. The highest BCUT2D eigenvalue weighted by Gasteiger charge is 2.38. The number of hydrogen-bond donors (Lipinski definition) is 1. The Labute approximate surface area is 158 Å². The zero-order chi connectivity index (χ0) is 19.4. The number of carboxylic acid groups (broad SMARTS) is 1. The Kier molecular flexibility index (Phi) is 6.18. The van der Waals surface area contributed by atoms with E-state index >= 15 is 0 Å². The van der Waals surface area contributed by atoms with Crippen molar-refractivity contribution in [3.8, 4) is 5.13 Å². The minimum absolute atomic E-state index is 0.798. The van der Waals surface area contributed by atoms with Crippen molar-refractivity contribution < 1.29 is 23.1 Å². The van der Waals surface area contributed by atoms with E-state index in [1.807, 2.05) is 11.6 Å². The van der Waals surface area contributed by atoms with E-state index in [4.69, 9.17) is 9.90 Å². The van der Waals surface area contributed by atoms with Crippen LogP contribution in [0.5, 0.6) is 0 Å². The zero-order valence-electron chi connectivity index (χ0n) is 14.6. The summed E-state index contributed by atoms with van der Waals surface area (Å²) in [6, 6.07) is 5.15. The smallest absolute Gasteiger partial charge is 0.475 e. The molecule has 148 valence electrons. The van der Waals surface area contributed by atoms with E-state index in [0.717, 1.165) is 17.7 Å². The number of nitrogens with zero attached hydrogens (tertiary/aromatic N) is 4. The lowest BCUT2D eigenvalue weighted by Gasteiger charge is -2.37. The van der Waals surface area contributed by atoms with Crippen LogP contribution in [0.2, 0.25) is 0 Å². The number of piperazine rings is 1. The van der Waals surface area contributed by atoms with Gasteiger partial charge in [0.2, 0.25) is 0 Å². The van der Waals surface area contributed by atoms with Crippen LogP contribution in [0, 0.1) is 0 Å². The first kappa shape index (κ1) is 19.8. The van der Waals surface area contributed by atoms with Gasteiger partial charge in [-0.1, -0.05) is 0 Å². The molecule has 1 unspecified atom stereocenters. The van der Waals surface area contributed by atoms with Crippen LogP contribution in [0.15, 0.2) is 29.9 Å². The molecule has 0 saturated carbocycles. The maximum atomic E-state index is 10.6. The van der Waals surface area contributed by atoms with Crippen molar-refractivity contribution in [3.63, 3.8) is 0 Å². The number of aliphatic carboxylic acids is 1. The largest absolute Gasteiger partial charge is 0.490 e. The second kappa shape index (κ2) is 8.41. The lowest BCUT2D eigenvalue weighted by Crippen LogP contribution is -2.49. The van der Waals surface area contributed by atoms with Crippen LogP contribution < -0.4 is 0 Å². The van der Waals surface area contributed by atoms with E-state index in [9.17, 15) is 13.2 Å². The summed E-state index contributed by atoms with van der Waals surface area (Å²) < 4.78 is 34.0. The monoisotopic (exact) mass is 402 g/mol. The minimum atomic E-state index is -5.08. The SMILES string of the molecule is O=C(O)C(F)(F)F.c1cc(CN2CCN3CCCC3C2)n(-c2nccs2)c1. The highest BCUT2D eigenvalue weighted by atomic mass is 32.1. The number of halogens is 3. The molecule has 0 radical (unpaired) electrons. The first-order chi connectivity index (χ1) is 12.8. The van der Waals surface area contributed by atoms with Crippen molar-refractivity contribution in [3.05, 3.63) is 35.6 Å². The molecule has 1 atom stereocenters. The Morgan fingerprint density at radius 1 is 1.33 bits per heavy atom. The summed E-state index contributed by atoms with van der Waals surface area (Å²) in [5, 5.41) is 10.2. The fourth-order valence-corrected chi connectivity index (χ4v) is 4.15. The summed E-state index contributed by atoms with van der Waals surface area (Å²) in [6.07, 6.45) is 1.68. The second-order valence-corrected chi connectivity index (χ2v) is 7.43. The molecule has 10 heteroatoms. The molecule has 4 heterocycles. The lowest BCUT2D eigenvalue weighted by molar-refractivity contribution is -0.192. The van der Waals surface area contributed by atoms with Crippen LogP contribution in [0.1, 0.15) is 18.5 Å². The molecule has 0 bridgehead atoms. The Balaban J connectivity index is 0.000000260. The molecule has 2 fully saturated rings. The van der Waals surface area contributed by atoms with Gasteiger partial charge in [0.15, 0.2) is 5.13 Å². The van der Waals surface area contributed by atoms with E-state index in [2.05, 4.69) is 37.7 Å². The number of carbonyl (C=O) groups is 1. The van der Waals surface area contributed by atoms with E-state index in [-0.39, 0.29) is 0 Å². The first-order valence-corrected chi connectivity index (χ1v) is 9.55. The molecule has 4 rings (SSSR count). The molecular weight excluding hydrogens is 381 g/mol. The standard InChI is InChI=1S/C15H20N4S.C2HF3O2/c1-3-13-11-17(8-9-18(13)6-1)12-14-4-2-7-19(14)15-16-5-10-20-15;3-2(4,5)1(6)7/h2,4-5,7,10,13H,1,3,6,8-9,11-12H2;(H,6,7). The van der Waals surface area contributed by atoms with Gasteiger partial charge >= 0.3 is 12.1 Å². The molecule has 2 aromatic heterocycles.